The molecule has 0 aliphatic carbocycles. The van der Waals surface area contributed by atoms with Gasteiger partial charge in [-0.1, -0.05) is 51.1 Å². The molecule has 210 valence electrons. The molecule has 3 heterocycles. The zero-order valence-electron chi connectivity index (χ0n) is 23.5. The maximum Gasteiger partial charge on any atom is 0.330 e. The Labute approximate surface area is 232 Å². The maximum atomic E-state index is 14.3. The van der Waals surface area contributed by atoms with Gasteiger partial charge in [-0.25, -0.2) is 0 Å². The SMILES string of the molecule is COc1cc([C@@H]2[C@@H](C(=O)C(C)(C)C)N3N=Cc4ccccc4[C@H]3C23C(=O)OC(C)(C)OC3=O)ccc1OC(C)=O. The lowest BCUT2D eigenvalue weighted by Gasteiger charge is -2.44. The van der Waals surface area contributed by atoms with Gasteiger partial charge in [0.2, 0.25) is 5.41 Å². The Morgan fingerprint density at radius 1 is 1.00 bits per heavy atom. The van der Waals surface area contributed by atoms with Gasteiger partial charge >= 0.3 is 17.9 Å². The molecule has 0 radical (unpaired) electrons. The van der Waals surface area contributed by atoms with E-state index in [9.17, 15) is 19.2 Å². The van der Waals surface area contributed by atoms with E-state index in [1.54, 1.807) is 50.2 Å². The number of hydrazone groups is 1. The van der Waals surface area contributed by atoms with E-state index in [0.717, 1.165) is 0 Å². The van der Waals surface area contributed by atoms with Gasteiger partial charge in [-0.15, -0.1) is 0 Å². The smallest absolute Gasteiger partial charge is 0.330 e. The number of Topliss-reactive ketones (excluding diaryl/α,β-unsaturated/α-hetero) is 1. The number of cyclic esters (lactones) is 2. The topological polar surface area (TPSA) is 121 Å². The molecule has 2 aromatic carbocycles. The van der Waals surface area contributed by atoms with E-state index in [-0.39, 0.29) is 17.3 Å². The first-order chi connectivity index (χ1) is 18.7. The first-order valence-electron chi connectivity index (χ1n) is 13.0. The number of esters is 3. The number of rotatable bonds is 4. The van der Waals surface area contributed by atoms with Crippen molar-refractivity contribution in [2.45, 2.75) is 65.3 Å². The molecule has 40 heavy (non-hydrogen) atoms. The number of ketones is 1. The monoisotopic (exact) mass is 548 g/mol. The van der Waals surface area contributed by atoms with Gasteiger partial charge in [-0.3, -0.25) is 24.2 Å². The highest BCUT2D eigenvalue weighted by atomic mass is 16.7. The number of benzene rings is 2. The van der Waals surface area contributed by atoms with E-state index >= 15 is 0 Å². The molecule has 3 aliphatic rings. The summed E-state index contributed by atoms with van der Waals surface area (Å²) < 4.78 is 22.3. The highest BCUT2D eigenvalue weighted by molar-refractivity contribution is 6.07. The van der Waals surface area contributed by atoms with Crippen LogP contribution >= 0.6 is 0 Å². The number of methoxy groups -OCH3 is 1. The van der Waals surface area contributed by atoms with Crippen molar-refractivity contribution < 1.29 is 38.1 Å². The van der Waals surface area contributed by atoms with E-state index in [1.807, 2.05) is 18.2 Å². The minimum atomic E-state index is -2.00. The number of hydrogen-bond acceptors (Lipinski definition) is 10. The molecular weight excluding hydrogens is 516 g/mol. The summed E-state index contributed by atoms with van der Waals surface area (Å²) in [7, 11) is 1.41. The van der Waals surface area contributed by atoms with Gasteiger partial charge in [0.25, 0.3) is 5.79 Å². The van der Waals surface area contributed by atoms with Crippen molar-refractivity contribution in [3.63, 3.8) is 0 Å². The second kappa shape index (κ2) is 9.18. The van der Waals surface area contributed by atoms with E-state index in [1.165, 1.54) is 33.9 Å². The van der Waals surface area contributed by atoms with E-state index < -0.39 is 52.5 Å². The number of carbonyl (C=O) groups excluding carboxylic acids is 4. The summed E-state index contributed by atoms with van der Waals surface area (Å²) in [5.74, 6) is -4.66. The van der Waals surface area contributed by atoms with Crippen LogP contribution in [0, 0.1) is 10.8 Å². The summed E-state index contributed by atoms with van der Waals surface area (Å²) in [5.41, 5.74) is -1.09. The predicted octanol–water partition coefficient (Wildman–Crippen LogP) is 3.91. The summed E-state index contributed by atoms with van der Waals surface area (Å²) in [6.07, 6.45) is 1.62. The van der Waals surface area contributed by atoms with Crippen LogP contribution in [0.5, 0.6) is 11.5 Å². The third-order valence-corrected chi connectivity index (χ3v) is 7.57. The third-order valence-electron chi connectivity index (χ3n) is 7.57. The molecule has 0 amide bonds. The highest BCUT2D eigenvalue weighted by Crippen LogP contribution is 2.63. The lowest BCUT2D eigenvalue weighted by molar-refractivity contribution is -0.254. The molecule has 3 aliphatic heterocycles. The maximum absolute atomic E-state index is 14.3. The molecule has 10 heteroatoms. The summed E-state index contributed by atoms with van der Waals surface area (Å²) in [6.45, 7) is 9.57. The first kappa shape index (κ1) is 27.4. The molecule has 0 unspecified atom stereocenters. The zero-order valence-corrected chi connectivity index (χ0v) is 23.5. The Hall–Kier alpha value is -4.21. The third kappa shape index (κ3) is 4.04. The van der Waals surface area contributed by atoms with Gasteiger partial charge in [0.15, 0.2) is 17.3 Å². The second-order valence-electron chi connectivity index (χ2n) is 11.7. The molecule has 3 atom stereocenters. The molecule has 5 rings (SSSR count). The van der Waals surface area contributed by atoms with Gasteiger partial charge < -0.3 is 18.9 Å². The van der Waals surface area contributed by atoms with Crippen LogP contribution in [0.2, 0.25) is 0 Å². The van der Waals surface area contributed by atoms with Crippen molar-refractivity contribution in [2.75, 3.05) is 7.11 Å². The first-order valence-corrected chi connectivity index (χ1v) is 13.0. The lowest BCUT2D eigenvalue weighted by Crippen LogP contribution is -2.58. The second-order valence-corrected chi connectivity index (χ2v) is 11.7. The Kier molecular flexibility index (Phi) is 6.28. The summed E-state index contributed by atoms with van der Waals surface area (Å²) in [6, 6.07) is 9.93. The predicted molar refractivity (Wildman–Crippen MR) is 143 cm³/mol. The van der Waals surface area contributed by atoms with Gasteiger partial charge in [0.1, 0.15) is 12.1 Å². The van der Waals surface area contributed by atoms with E-state index in [2.05, 4.69) is 5.10 Å². The van der Waals surface area contributed by atoms with Crippen molar-refractivity contribution in [1.82, 2.24) is 5.01 Å². The van der Waals surface area contributed by atoms with Crippen molar-refractivity contribution in [1.29, 1.82) is 0 Å². The van der Waals surface area contributed by atoms with Gasteiger partial charge in [0.05, 0.1) is 13.3 Å². The van der Waals surface area contributed by atoms with Crippen LogP contribution in [-0.4, -0.2) is 53.9 Å². The molecule has 2 fully saturated rings. The van der Waals surface area contributed by atoms with Crippen LogP contribution in [0.1, 0.15) is 70.2 Å². The summed E-state index contributed by atoms with van der Waals surface area (Å²) in [4.78, 5) is 54.4. The van der Waals surface area contributed by atoms with Crippen LogP contribution in [-0.2, 0) is 28.7 Å². The average Bonchev–Trinajstić information content (AvgIpc) is 3.18. The van der Waals surface area contributed by atoms with Gasteiger partial charge in [-0.2, -0.15) is 5.10 Å². The number of nitrogens with zero attached hydrogens (tertiary/aromatic N) is 2. The summed E-state index contributed by atoms with van der Waals surface area (Å²) in [5, 5.41) is 6.20. The van der Waals surface area contributed by atoms with Crippen LogP contribution < -0.4 is 9.47 Å². The number of hydrogen-bond donors (Lipinski definition) is 0. The van der Waals surface area contributed by atoms with Gasteiger partial charge in [0, 0.05) is 32.1 Å². The van der Waals surface area contributed by atoms with Crippen molar-refractivity contribution in [3.8, 4) is 11.5 Å². The highest BCUT2D eigenvalue weighted by Gasteiger charge is 2.75. The fraction of sp³-hybridized carbons (Fsp3) is 0.433. The quantitative estimate of drug-likeness (QED) is 0.318. The largest absolute Gasteiger partial charge is 0.493 e. The van der Waals surface area contributed by atoms with E-state index in [4.69, 9.17) is 18.9 Å². The minimum absolute atomic E-state index is 0.153. The molecular formula is C30H32N2O8. The van der Waals surface area contributed by atoms with Crippen LogP contribution in [0.15, 0.2) is 47.6 Å². The number of carbonyl (C=O) groups is 4. The molecule has 0 bridgehead atoms. The molecule has 1 spiro atoms. The fourth-order valence-electron chi connectivity index (χ4n) is 5.95. The fourth-order valence-corrected chi connectivity index (χ4v) is 5.95. The van der Waals surface area contributed by atoms with Crippen molar-refractivity contribution in [2.24, 2.45) is 15.9 Å². The van der Waals surface area contributed by atoms with Gasteiger partial charge in [-0.05, 0) is 28.8 Å². The molecule has 0 saturated carbocycles. The molecule has 2 saturated heterocycles. The Bertz CT molecular complexity index is 1430. The van der Waals surface area contributed by atoms with Crippen molar-refractivity contribution >= 4 is 29.9 Å². The number of ether oxygens (including phenoxy) is 4. The van der Waals surface area contributed by atoms with E-state index in [0.29, 0.717) is 16.7 Å². The lowest BCUT2D eigenvalue weighted by atomic mass is 9.64. The minimum Gasteiger partial charge on any atom is -0.493 e. The Morgan fingerprint density at radius 2 is 1.65 bits per heavy atom. The normalized spacial score (nSPS) is 24.1. The van der Waals surface area contributed by atoms with Crippen LogP contribution in [0.4, 0.5) is 0 Å². The molecule has 2 aromatic rings. The van der Waals surface area contributed by atoms with Crippen LogP contribution in [0.3, 0.4) is 0 Å². The molecule has 10 nitrogen and oxygen atoms in total. The van der Waals surface area contributed by atoms with Crippen molar-refractivity contribution in [3.05, 3.63) is 59.2 Å². The average molecular weight is 549 g/mol. The standard InChI is InChI=1S/C30H32N2O8/c1-16(33)38-20-13-12-17(14-21(20)37-7)22-23(25(34)28(2,3)4)32-24(19-11-9-8-10-18(19)15-31-32)30(22)26(35)39-29(5,6)40-27(30)36/h8-15,22-24H,1-7H3/t22-,23+,24+/m1/s1. The van der Waals surface area contributed by atoms with Crippen LogP contribution in [0.25, 0.3) is 0 Å². The zero-order chi connectivity index (χ0) is 29.2. The summed E-state index contributed by atoms with van der Waals surface area (Å²) >= 11 is 0. The Morgan fingerprint density at radius 3 is 2.25 bits per heavy atom. The number of fused-ring (bicyclic) bond motifs is 4. The molecule has 0 aromatic heterocycles. The molecule has 0 N–H and O–H groups in total. The Balaban J connectivity index is 1.83.